The normalized spacial score (nSPS) is 12.8. The Bertz CT molecular complexity index is 349. The van der Waals surface area contributed by atoms with Crippen LogP contribution in [0.1, 0.15) is 34.1 Å². The van der Waals surface area contributed by atoms with Crippen LogP contribution in [0.25, 0.3) is 0 Å². The number of hydrogen-bond donors (Lipinski definition) is 0. The molecular weight excluding hydrogens is 262 g/mol. The van der Waals surface area contributed by atoms with Gasteiger partial charge in [-0.15, -0.1) is 0 Å². The predicted molar refractivity (Wildman–Crippen MR) is 74.2 cm³/mol. The van der Waals surface area contributed by atoms with Crippen molar-refractivity contribution in [2.24, 2.45) is 11.3 Å². The van der Waals surface area contributed by atoms with E-state index in [4.69, 9.17) is 9.47 Å². The third-order valence-electron chi connectivity index (χ3n) is 2.68. The fraction of sp³-hybridized carbons (Fsp3) is 0.786. The first-order chi connectivity index (χ1) is 9.11. The molecule has 0 radical (unpaired) electrons. The van der Waals surface area contributed by atoms with Crippen LogP contribution in [0.2, 0.25) is 0 Å². The van der Waals surface area contributed by atoms with Crippen molar-refractivity contribution < 1.29 is 23.9 Å². The molecule has 116 valence electrons. The highest BCUT2D eigenvalue weighted by Gasteiger charge is 2.40. The van der Waals surface area contributed by atoms with E-state index in [-0.39, 0.29) is 18.9 Å². The average Bonchev–Trinajstić information content (AvgIpc) is 2.32. The van der Waals surface area contributed by atoms with Crippen molar-refractivity contribution in [2.45, 2.75) is 40.2 Å². The molecule has 0 aliphatic carbocycles. The second-order valence-corrected chi connectivity index (χ2v) is 6.04. The van der Waals surface area contributed by atoms with Gasteiger partial charge in [0.2, 0.25) is 6.10 Å². The summed E-state index contributed by atoms with van der Waals surface area (Å²) in [5.41, 5.74) is -0.818. The Morgan fingerprint density at radius 2 is 1.80 bits per heavy atom. The molecule has 0 aromatic heterocycles. The third kappa shape index (κ3) is 6.04. The molecule has 0 aromatic carbocycles. The van der Waals surface area contributed by atoms with E-state index in [1.165, 1.54) is 19.0 Å². The monoisotopic (exact) mass is 287 g/mol. The minimum atomic E-state index is -1.11. The lowest BCUT2D eigenvalue weighted by Crippen LogP contribution is -2.44. The summed E-state index contributed by atoms with van der Waals surface area (Å²) in [6.45, 7) is 7.43. The zero-order valence-corrected chi connectivity index (χ0v) is 13.1. The number of esters is 1. The van der Waals surface area contributed by atoms with Crippen LogP contribution in [0.5, 0.6) is 0 Å². The molecule has 0 fully saturated rings. The van der Waals surface area contributed by atoms with Gasteiger partial charge in [0.1, 0.15) is 6.29 Å². The molecule has 1 atom stereocenters. The van der Waals surface area contributed by atoms with Crippen molar-refractivity contribution in [1.82, 2.24) is 4.90 Å². The highest BCUT2D eigenvalue weighted by Crippen LogP contribution is 2.28. The summed E-state index contributed by atoms with van der Waals surface area (Å²) in [5, 5.41) is 0. The van der Waals surface area contributed by atoms with Gasteiger partial charge in [0.15, 0.2) is 0 Å². The van der Waals surface area contributed by atoms with Crippen molar-refractivity contribution in [3.63, 3.8) is 0 Å². The van der Waals surface area contributed by atoms with Gasteiger partial charge < -0.3 is 19.2 Å². The van der Waals surface area contributed by atoms with E-state index < -0.39 is 23.6 Å². The van der Waals surface area contributed by atoms with E-state index in [0.29, 0.717) is 6.29 Å². The van der Waals surface area contributed by atoms with Gasteiger partial charge in [-0.05, 0) is 5.92 Å². The van der Waals surface area contributed by atoms with E-state index >= 15 is 0 Å². The van der Waals surface area contributed by atoms with E-state index in [1.807, 2.05) is 13.8 Å². The molecule has 0 heterocycles. The quantitative estimate of drug-likeness (QED) is 0.528. The van der Waals surface area contributed by atoms with Crippen molar-refractivity contribution in [3.05, 3.63) is 0 Å². The number of rotatable bonds is 7. The number of nitrogens with zero attached hydrogens (tertiary/aromatic N) is 1. The zero-order valence-electron chi connectivity index (χ0n) is 13.1. The summed E-state index contributed by atoms with van der Waals surface area (Å²) < 4.78 is 10.3. The molecule has 6 heteroatoms. The van der Waals surface area contributed by atoms with Crippen LogP contribution in [-0.2, 0) is 19.1 Å². The Morgan fingerprint density at radius 3 is 2.20 bits per heavy atom. The van der Waals surface area contributed by atoms with Crippen LogP contribution in [0.3, 0.4) is 0 Å². The van der Waals surface area contributed by atoms with Gasteiger partial charge in [0.05, 0.1) is 6.61 Å². The molecule has 0 N–H and O–H groups in total. The van der Waals surface area contributed by atoms with E-state index in [9.17, 15) is 14.4 Å². The molecule has 6 nitrogen and oxygen atoms in total. The minimum absolute atomic E-state index is 0.0924. The second-order valence-electron chi connectivity index (χ2n) is 6.04. The van der Waals surface area contributed by atoms with Gasteiger partial charge in [-0.25, -0.2) is 9.59 Å². The summed E-state index contributed by atoms with van der Waals surface area (Å²) in [6, 6.07) is 0. The van der Waals surface area contributed by atoms with Gasteiger partial charge in [0.25, 0.3) is 0 Å². The maximum Gasteiger partial charge on any atom is 0.410 e. The largest absolute Gasteiger partial charge is 0.463 e. The van der Waals surface area contributed by atoms with Gasteiger partial charge in [-0.2, -0.15) is 0 Å². The Kier molecular flexibility index (Phi) is 7.24. The number of aldehydes is 1. The molecule has 0 rings (SSSR count). The molecule has 1 amide bonds. The summed E-state index contributed by atoms with van der Waals surface area (Å²) >= 11 is 0. The molecule has 0 aromatic rings. The molecule has 0 saturated heterocycles. The third-order valence-corrected chi connectivity index (χ3v) is 2.68. The number of amides is 1. The number of carbonyl (C=O) groups is 3. The lowest BCUT2D eigenvalue weighted by molar-refractivity contribution is -0.162. The minimum Gasteiger partial charge on any atom is -0.463 e. The first kappa shape index (κ1) is 18.4. The molecule has 0 saturated carbocycles. The first-order valence-electron chi connectivity index (χ1n) is 6.60. The lowest BCUT2D eigenvalue weighted by Gasteiger charge is -2.31. The molecule has 0 aliphatic rings. The summed E-state index contributed by atoms with van der Waals surface area (Å²) in [4.78, 5) is 35.7. The van der Waals surface area contributed by atoms with Crippen LogP contribution in [0, 0.1) is 11.3 Å². The SMILES string of the molecule is CC(C)COC(=O)C(OC(=O)N(C)C)C(C)(C)CC=O. The molecule has 0 aliphatic heterocycles. The Hall–Kier alpha value is -1.59. The Labute approximate surface area is 120 Å². The van der Waals surface area contributed by atoms with E-state index in [1.54, 1.807) is 13.8 Å². The first-order valence-corrected chi connectivity index (χ1v) is 6.60. The molecule has 20 heavy (non-hydrogen) atoms. The molecular formula is C14H25NO5. The average molecular weight is 287 g/mol. The van der Waals surface area contributed by atoms with Gasteiger partial charge in [-0.1, -0.05) is 27.7 Å². The standard InChI is InChI=1S/C14H25NO5/c1-10(2)9-19-12(17)11(14(3,4)7-8-16)20-13(18)15(5)6/h8,10-11H,7,9H2,1-6H3. The summed E-state index contributed by atoms with van der Waals surface area (Å²) in [6.07, 6.45) is -0.960. The summed E-state index contributed by atoms with van der Waals surface area (Å²) in [5.74, 6) is -0.445. The smallest absolute Gasteiger partial charge is 0.410 e. The molecule has 0 bridgehead atoms. The number of carbonyl (C=O) groups excluding carboxylic acids is 3. The van der Waals surface area contributed by atoms with Crippen molar-refractivity contribution in [3.8, 4) is 0 Å². The number of ether oxygens (including phenoxy) is 2. The van der Waals surface area contributed by atoms with E-state index in [2.05, 4.69) is 0 Å². The predicted octanol–water partition coefficient (Wildman–Crippen LogP) is 1.87. The Balaban J connectivity index is 5.00. The Morgan fingerprint density at radius 1 is 1.25 bits per heavy atom. The fourth-order valence-electron chi connectivity index (χ4n) is 1.38. The zero-order chi connectivity index (χ0) is 15.9. The van der Waals surface area contributed by atoms with Gasteiger partial charge >= 0.3 is 12.1 Å². The maximum atomic E-state index is 12.1. The van der Waals surface area contributed by atoms with Crippen LogP contribution in [0.15, 0.2) is 0 Å². The lowest BCUT2D eigenvalue weighted by atomic mass is 9.83. The van der Waals surface area contributed by atoms with Crippen LogP contribution in [-0.4, -0.2) is 50.1 Å². The topological polar surface area (TPSA) is 72.9 Å². The maximum absolute atomic E-state index is 12.1. The van der Waals surface area contributed by atoms with Crippen molar-refractivity contribution >= 4 is 18.3 Å². The van der Waals surface area contributed by atoms with E-state index in [0.717, 1.165) is 0 Å². The highest BCUT2D eigenvalue weighted by atomic mass is 16.6. The second kappa shape index (κ2) is 7.87. The van der Waals surface area contributed by atoms with Crippen LogP contribution in [0.4, 0.5) is 4.79 Å². The van der Waals surface area contributed by atoms with Crippen LogP contribution < -0.4 is 0 Å². The molecule has 1 unspecified atom stereocenters. The fourth-order valence-corrected chi connectivity index (χ4v) is 1.38. The van der Waals surface area contributed by atoms with Crippen molar-refractivity contribution in [2.75, 3.05) is 20.7 Å². The molecule has 0 spiro atoms. The van der Waals surface area contributed by atoms with Crippen molar-refractivity contribution in [1.29, 1.82) is 0 Å². The number of hydrogen-bond acceptors (Lipinski definition) is 5. The van der Waals surface area contributed by atoms with Gasteiger partial charge in [0, 0.05) is 25.9 Å². The van der Waals surface area contributed by atoms with Gasteiger partial charge in [-0.3, -0.25) is 0 Å². The summed E-state index contributed by atoms with van der Waals surface area (Å²) in [7, 11) is 3.04. The highest BCUT2D eigenvalue weighted by molar-refractivity contribution is 5.80. The van der Waals surface area contributed by atoms with Crippen LogP contribution >= 0.6 is 0 Å².